The van der Waals surface area contributed by atoms with Crippen molar-refractivity contribution in [2.45, 2.75) is 9.79 Å². The molecule has 0 aromatic heterocycles. The summed E-state index contributed by atoms with van der Waals surface area (Å²) in [6, 6.07) is 6.25. The molecule has 0 spiro atoms. The number of nitrogens with one attached hydrogen (secondary N) is 3. The molecule has 2 amide bonds. The first-order valence-corrected chi connectivity index (χ1v) is 13.5. The van der Waals surface area contributed by atoms with E-state index in [1.165, 1.54) is 45.4 Å². The van der Waals surface area contributed by atoms with Crippen molar-refractivity contribution in [2.75, 3.05) is 31.2 Å². The van der Waals surface area contributed by atoms with Crippen LogP contribution in [0.3, 0.4) is 0 Å². The van der Waals surface area contributed by atoms with E-state index in [1.54, 1.807) is 0 Å². The van der Waals surface area contributed by atoms with Crippen LogP contribution < -0.4 is 15.4 Å². The molecule has 0 saturated carbocycles. The third-order valence-corrected chi connectivity index (χ3v) is 7.51. The highest BCUT2D eigenvalue weighted by atomic mass is 32.2. The van der Waals surface area contributed by atoms with Crippen LogP contribution in [0.1, 0.15) is 11.1 Å². The van der Waals surface area contributed by atoms with Gasteiger partial charge in [-0.1, -0.05) is 24.3 Å². The molecule has 16 heteroatoms. The second-order valence-electron chi connectivity index (χ2n) is 6.88. The maximum Gasteiger partial charge on any atom is 0.318 e. The van der Waals surface area contributed by atoms with Gasteiger partial charge in [-0.2, -0.15) is 29.6 Å². The van der Waals surface area contributed by atoms with Gasteiger partial charge in [0.2, 0.25) is 0 Å². The number of urea groups is 1. The van der Waals surface area contributed by atoms with Crippen molar-refractivity contribution in [3.05, 3.63) is 47.5 Å². The van der Waals surface area contributed by atoms with Crippen molar-refractivity contribution in [1.82, 2.24) is 9.62 Å². The number of rotatable bonds is 8. The minimum Gasteiger partial charge on any atom is -0.341 e. The molecule has 0 aliphatic heterocycles. The van der Waals surface area contributed by atoms with E-state index in [0.717, 1.165) is 28.6 Å². The molecule has 0 aliphatic carbocycles. The van der Waals surface area contributed by atoms with Gasteiger partial charge in [0.25, 0.3) is 20.2 Å². The molecule has 2 aromatic carbocycles. The third kappa shape index (κ3) is 6.99. The number of amides is 2. The monoisotopic (exact) mass is 534 g/mol. The fraction of sp³-hybridized carbons (Fsp3) is 0.167. The summed E-state index contributed by atoms with van der Waals surface area (Å²) < 4.78 is 93.5. The molecule has 0 unspecified atom stereocenters. The van der Waals surface area contributed by atoms with Crippen LogP contribution in [0.2, 0.25) is 0 Å². The quantitative estimate of drug-likeness (QED) is 0.245. The van der Waals surface area contributed by atoms with E-state index >= 15 is 0 Å². The number of carbonyl (C=O) groups is 1. The van der Waals surface area contributed by atoms with E-state index in [1.807, 2.05) is 0 Å². The Morgan fingerprint density at radius 2 is 1.26 bits per heavy atom. The lowest BCUT2D eigenvalue weighted by Gasteiger charge is -2.14. The highest BCUT2D eigenvalue weighted by Gasteiger charge is 2.19. The van der Waals surface area contributed by atoms with Crippen molar-refractivity contribution >= 4 is 60.0 Å². The molecule has 0 radical (unpaired) electrons. The summed E-state index contributed by atoms with van der Waals surface area (Å²) >= 11 is 0. The molecule has 2 aromatic rings. The zero-order valence-electron chi connectivity index (χ0n) is 18.0. The van der Waals surface area contributed by atoms with Crippen molar-refractivity contribution in [2.24, 2.45) is 0 Å². The van der Waals surface area contributed by atoms with Gasteiger partial charge in [-0.05, 0) is 35.4 Å². The molecule has 0 saturated heterocycles. The van der Waals surface area contributed by atoms with Gasteiger partial charge in [0, 0.05) is 26.8 Å². The van der Waals surface area contributed by atoms with Crippen molar-refractivity contribution in [3.8, 4) is 0 Å². The maximum atomic E-state index is 12.0. The van der Waals surface area contributed by atoms with E-state index in [9.17, 15) is 39.2 Å². The smallest absolute Gasteiger partial charge is 0.318 e. The van der Waals surface area contributed by atoms with Gasteiger partial charge < -0.3 is 10.6 Å². The Labute approximate surface area is 197 Å². The molecular weight excluding hydrogens is 512 g/mol. The standard InChI is InChI=1S/C18H22N4O9S3/c1-19-18(23)20-14-8-6-12(16(10-14)32(24,25)26)4-5-13-7-9-15(11-17(13)33(27,28)29)21-34(30,31)22(2)3/h4-11,21H,1-3H3,(H2,19,20,23)(H,24,25,26)(H,27,28,29)/b5-4+. The fourth-order valence-electron chi connectivity index (χ4n) is 2.55. The second kappa shape index (κ2) is 10.1. The van der Waals surface area contributed by atoms with Crippen molar-refractivity contribution in [1.29, 1.82) is 0 Å². The lowest BCUT2D eigenvalue weighted by molar-refractivity contribution is 0.254. The van der Waals surface area contributed by atoms with Crippen molar-refractivity contribution in [3.63, 3.8) is 0 Å². The van der Waals surface area contributed by atoms with Crippen LogP contribution in [0.5, 0.6) is 0 Å². The summed E-state index contributed by atoms with van der Waals surface area (Å²) in [5.74, 6) is 0. The van der Waals surface area contributed by atoms with Crippen LogP contribution in [0.4, 0.5) is 16.2 Å². The second-order valence-corrected chi connectivity index (χ2v) is 11.5. The van der Waals surface area contributed by atoms with Crippen molar-refractivity contribution < 1.29 is 39.2 Å². The van der Waals surface area contributed by atoms with E-state index in [2.05, 4.69) is 15.4 Å². The maximum absolute atomic E-state index is 12.0. The first kappa shape index (κ1) is 27.2. The third-order valence-electron chi connectivity index (χ3n) is 4.24. The molecule has 2 rings (SSSR count). The molecule has 5 N–H and O–H groups in total. The zero-order chi connectivity index (χ0) is 25.9. The van der Waals surface area contributed by atoms with Gasteiger partial charge in [-0.25, -0.2) is 4.79 Å². The van der Waals surface area contributed by atoms with Gasteiger partial charge in [0.15, 0.2) is 0 Å². The molecule has 186 valence electrons. The number of hydrogen-bond acceptors (Lipinski definition) is 7. The van der Waals surface area contributed by atoms with Crippen LogP contribution in [0.15, 0.2) is 46.2 Å². The van der Waals surface area contributed by atoms with Crippen LogP contribution in [-0.4, -0.2) is 65.8 Å². The van der Waals surface area contributed by atoms with Crippen LogP contribution >= 0.6 is 0 Å². The summed E-state index contributed by atoms with van der Waals surface area (Å²) in [5.41, 5.74) is -0.269. The number of hydrogen-bond donors (Lipinski definition) is 5. The van der Waals surface area contributed by atoms with Gasteiger partial charge in [-0.15, -0.1) is 0 Å². The molecule has 13 nitrogen and oxygen atoms in total. The highest BCUT2D eigenvalue weighted by Crippen LogP contribution is 2.26. The number of carbonyl (C=O) groups excluding carboxylic acids is 1. The summed E-state index contributed by atoms with van der Waals surface area (Å²) in [4.78, 5) is 10.2. The van der Waals surface area contributed by atoms with Gasteiger partial charge in [0.05, 0.1) is 5.69 Å². The molecule has 34 heavy (non-hydrogen) atoms. The lowest BCUT2D eigenvalue weighted by atomic mass is 10.1. The Hall–Kier alpha value is -3.02. The Morgan fingerprint density at radius 3 is 1.68 bits per heavy atom. The average molecular weight is 535 g/mol. The molecular formula is C18H22N4O9S3. The van der Waals surface area contributed by atoms with Gasteiger partial charge in [-0.3, -0.25) is 13.8 Å². The Bertz CT molecular complexity index is 1450. The topological polar surface area (TPSA) is 199 Å². The predicted octanol–water partition coefficient (Wildman–Crippen LogP) is 1.32. The van der Waals surface area contributed by atoms with Crippen LogP contribution in [0, 0.1) is 0 Å². The molecule has 0 atom stereocenters. The molecule has 0 heterocycles. The summed E-state index contributed by atoms with van der Waals surface area (Å²) in [5, 5.41) is 4.62. The van der Waals surface area contributed by atoms with E-state index in [4.69, 9.17) is 0 Å². The largest absolute Gasteiger partial charge is 0.341 e. The number of anilines is 2. The summed E-state index contributed by atoms with van der Waals surface area (Å²) in [6.45, 7) is 0. The first-order valence-electron chi connectivity index (χ1n) is 9.15. The highest BCUT2D eigenvalue weighted by molar-refractivity contribution is 7.90. The predicted molar refractivity (Wildman–Crippen MR) is 126 cm³/mol. The minimum atomic E-state index is -4.82. The Balaban J connectivity index is 2.55. The molecule has 0 fully saturated rings. The van der Waals surface area contributed by atoms with Crippen LogP contribution in [-0.2, 0) is 30.4 Å². The molecule has 0 bridgehead atoms. The SMILES string of the molecule is CNC(=O)Nc1ccc(/C=C/c2ccc(NS(=O)(=O)N(C)C)cc2S(=O)(=O)O)c(S(=O)(=O)O)c1. The molecule has 0 aliphatic rings. The Kier molecular flexibility index (Phi) is 8.07. The zero-order valence-corrected chi connectivity index (χ0v) is 20.5. The Morgan fingerprint density at radius 1 is 0.824 bits per heavy atom. The van der Waals surface area contributed by atoms with Gasteiger partial charge in [0.1, 0.15) is 9.79 Å². The summed E-state index contributed by atoms with van der Waals surface area (Å²) in [6.07, 6.45) is 2.30. The van der Waals surface area contributed by atoms with E-state index in [0.29, 0.717) is 0 Å². The fourth-order valence-corrected chi connectivity index (χ4v) is 4.57. The average Bonchev–Trinajstić information content (AvgIpc) is 2.71. The first-order chi connectivity index (χ1) is 15.5. The normalized spacial score (nSPS) is 12.6. The van der Waals surface area contributed by atoms with Gasteiger partial charge >= 0.3 is 16.2 Å². The number of nitrogens with zero attached hydrogens (tertiary/aromatic N) is 1. The van der Waals surface area contributed by atoms with E-state index < -0.39 is 46.3 Å². The lowest BCUT2D eigenvalue weighted by Crippen LogP contribution is -2.29. The summed E-state index contributed by atoms with van der Waals surface area (Å²) in [7, 11) is -9.67. The number of benzene rings is 2. The van der Waals surface area contributed by atoms with Crippen LogP contribution in [0.25, 0.3) is 12.2 Å². The minimum absolute atomic E-state index is 0.0558. The van der Waals surface area contributed by atoms with E-state index in [-0.39, 0.29) is 22.5 Å².